The lowest BCUT2D eigenvalue weighted by molar-refractivity contribution is 0.0974. The van der Waals surface area contributed by atoms with Crippen LogP contribution in [0.15, 0.2) is 75.3 Å². The third-order valence-electron chi connectivity index (χ3n) is 3.91. The van der Waals surface area contributed by atoms with Crippen molar-refractivity contribution < 1.29 is 9.21 Å². The number of rotatable bonds is 3. The van der Waals surface area contributed by atoms with Gasteiger partial charge in [-0.3, -0.25) is 10.1 Å². The van der Waals surface area contributed by atoms with Crippen molar-refractivity contribution in [3.8, 4) is 11.3 Å². The third kappa shape index (κ3) is 3.83. The fourth-order valence-corrected chi connectivity index (χ4v) is 3.57. The Morgan fingerprint density at radius 3 is 2.64 bits per heavy atom. The molecule has 0 fully saturated rings. The molecule has 0 aliphatic rings. The smallest absolute Gasteiger partial charge is 0.349 e. The average molecular weight is 407 g/mol. The van der Waals surface area contributed by atoms with Gasteiger partial charge in [0, 0.05) is 16.3 Å². The molecule has 2 N–H and O–H groups in total. The van der Waals surface area contributed by atoms with E-state index in [1.54, 1.807) is 24.3 Å². The Morgan fingerprint density at radius 1 is 1.07 bits per heavy atom. The standard InChI is InChI=1S/C20H13N3O3S2/c24-17(14-10-13-8-4-5-9-16(13)26-18(14)25)22-19(27)23-20-21-15(11-28-20)12-6-2-1-3-7-12/h1-11H,(H2,21,22,23,24,27). The van der Waals surface area contributed by atoms with Crippen LogP contribution in [-0.4, -0.2) is 16.0 Å². The van der Waals surface area contributed by atoms with Gasteiger partial charge in [-0.1, -0.05) is 48.5 Å². The van der Waals surface area contributed by atoms with Crippen LogP contribution < -0.4 is 16.3 Å². The predicted molar refractivity (Wildman–Crippen MR) is 114 cm³/mol. The van der Waals surface area contributed by atoms with E-state index in [2.05, 4.69) is 15.6 Å². The van der Waals surface area contributed by atoms with Crippen molar-refractivity contribution in [1.82, 2.24) is 10.3 Å². The Balaban J connectivity index is 1.47. The number of nitrogens with one attached hydrogen (secondary N) is 2. The first-order chi connectivity index (χ1) is 13.6. The van der Waals surface area contributed by atoms with E-state index in [4.69, 9.17) is 16.6 Å². The Kier molecular flexibility index (Phi) is 4.96. The van der Waals surface area contributed by atoms with Crippen LogP contribution in [0.5, 0.6) is 0 Å². The highest BCUT2D eigenvalue weighted by Gasteiger charge is 2.15. The Bertz CT molecular complexity index is 1230. The molecule has 0 unspecified atom stereocenters. The fourth-order valence-electron chi connectivity index (χ4n) is 2.59. The molecule has 138 valence electrons. The van der Waals surface area contributed by atoms with Crippen molar-refractivity contribution in [3.63, 3.8) is 0 Å². The number of amides is 1. The lowest BCUT2D eigenvalue weighted by Crippen LogP contribution is -2.36. The van der Waals surface area contributed by atoms with Crippen LogP contribution in [-0.2, 0) is 0 Å². The maximum Gasteiger partial charge on any atom is 0.349 e. The minimum atomic E-state index is -0.723. The van der Waals surface area contributed by atoms with Crippen LogP contribution in [0.3, 0.4) is 0 Å². The maximum atomic E-state index is 12.4. The maximum absolute atomic E-state index is 12.4. The van der Waals surface area contributed by atoms with E-state index < -0.39 is 11.5 Å². The minimum Gasteiger partial charge on any atom is -0.422 e. The van der Waals surface area contributed by atoms with Gasteiger partial charge in [0.25, 0.3) is 5.91 Å². The summed E-state index contributed by atoms with van der Waals surface area (Å²) >= 11 is 6.53. The number of hydrogen-bond acceptors (Lipinski definition) is 6. The van der Waals surface area contributed by atoms with E-state index in [9.17, 15) is 9.59 Å². The molecule has 6 nitrogen and oxygen atoms in total. The number of para-hydroxylation sites is 1. The highest BCUT2D eigenvalue weighted by Crippen LogP contribution is 2.24. The summed E-state index contributed by atoms with van der Waals surface area (Å²) in [4.78, 5) is 28.9. The van der Waals surface area contributed by atoms with Crippen molar-refractivity contribution >= 4 is 50.7 Å². The monoisotopic (exact) mass is 407 g/mol. The number of nitrogens with zero attached hydrogens (tertiary/aromatic N) is 1. The van der Waals surface area contributed by atoms with Gasteiger partial charge in [0.2, 0.25) is 0 Å². The van der Waals surface area contributed by atoms with E-state index in [-0.39, 0.29) is 10.7 Å². The molecule has 0 saturated heterocycles. The zero-order valence-corrected chi connectivity index (χ0v) is 16.0. The molecule has 0 radical (unpaired) electrons. The molecule has 0 aliphatic carbocycles. The lowest BCUT2D eigenvalue weighted by atomic mass is 10.2. The summed E-state index contributed by atoms with van der Waals surface area (Å²) in [5, 5.41) is 8.48. The summed E-state index contributed by atoms with van der Waals surface area (Å²) in [6, 6.07) is 18.2. The first-order valence-electron chi connectivity index (χ1n) is 8.26. The number of hydrogen-bond donors (Lipinski definition) is 2. The van der Waals surface area contributed by atoms with Crippen molar-refractivity contribution in [2.45, 2.75) is 0 Å². The minimum absolute atomic E-state index is 0.0477. The first kappa shape index (κ1) is 18.0. The van der Waals surface area contributed by atoms with Gasteiger partial charge < -0.3 is 9.73 Å². The summed E-state index contributed by atoms with van der Waals surface area (Å²) in [5.74, 6) is -0.642. The Morgan fingerprint density at radius 2 is 1.82 bits per heavy atom. The fraction of sp³-hybridized carbons (Fsp3) is 0. The van der Waals surface area contributed by atoms with Crippen molar-refractivity contribution in [3.05, 3.63) is 82.0 Å². The first-order valence-corrected chi connectivity index (χ1v) is 9.55. The van der Waals surface area contributed by atoms with E-state index in [0.717, 1.165) is 11.3 Å². The molecular weight excluding hydrogens is 394 g/mol. The second-order valence-electron chi connectivity index (χ2n) is 5.80. The normalized spacial score (nSPS) is 10.6. The number of carbonyl (C=O) groups is 1. The zero-order valence-electron chi connectivity index (χ0n) is 14.3. The molecule has 0 bridgehead atoms. The largest absolute Gasteiger partial charge is 0.422 e. The second-order valence-corrected chi connectivity index (χ2v) is 7.06. The van der Waals surface area contributed by atoms with E-state index in [1.807, 2.05) is 35.7 Å². The highest BCUT2D eigenvalue weighted by atomic mass is 32.1. The van der Waals surface area contributed by atoms with Crippen molar-refractivity contribution in [2.75, 3.05) is 5.32 Å². The molecule has 1 amide bonds. The third-order valence-corrected chi connectivity index (χ3v) is 4.87. The van der Waals surface area contributed by atoms with Gasteiger partial charge in [-0.2, -0.15) is 0 Å². The predicted octanol–water partition coefficient (Wildman–Crippen LogP) is 4.04. The van der Waals surface area contributed by atoms with Gasteiger partial charge in [0.05, 0.1) is 5.69 Å². The topological polar surface area (TPSA) is 84.2 Å². The van der Waals surface area contributed by atoms with Crippen molar-refractivity contribution in [1.29, 1.82) is 0 Å². The molecule has 4 rings (SSSR count). The van der Waals surface area contributed by atoms with E-state index >= 15 is 0 Å². The molecule has 2 aromatic carbocycles. The number of aromatic nitrogens is 1. The van der Waals surface area contributed by atoms with Crippen molar-refractivity contribution in [2.24, 2.45) is 0 Å². The quantitative estimate of drug-likeness (QED) is 0.394. The Labute approximate surface area is 168 Å². The summed E-state index contributed by atoms with van der Waals surface area (Å²) in [6.07, 6.45) is 0. The van der Waals surface area contributed by atoms with Crippen LogP contribution in [0.1, 0.15) is 10.4 Å². The van der Waals surface area contributed by atoms with Gasteiger partial charge in [0.1, 0.15) is 11.1 Å². The number of thiocarbonyl (C=S) groups is 1. The van der Waals surface area contributed by atoms with Crippen LogP contribution in [0.2, 0.25) is 0 Å². The van der Waals surface area contributed by atoms with Gasteiger partial charge in [-0.25, -0.2) is 9.78 Å². The lowest BCUT2D eigenvalue weighted by Gasteiger charge is -2.07. The van der Waals surface area contributed by atoms with E-state index in [1.165, 1.54) is 17.4 Å². The average Bonchev–Trinajstić information content (AvgIpc) is 3.16. The van der Waals surface area contributed by atoms with Crippen LogP contribution in [0, 0.1) is 0 Å². The molecule has 2 heterocycles. The summed E-state index contributed by atoms with van der Waals surface area (Å²) in [6.45, 7) is 0. The van der Waals surface area contributed by atoms with Gasteiger partial charge in [-0.05, 0) is 24.4 Å². The van der Waals surface area contributed by atoms with E-state index in [0.29, 0.717) is 16.1 Å². The molecular formula is C20H13N3O3S2. The molecule has 2 aromatic heterocycles. The van der Waals surface area contributed by atoms with Crippen LogP contribution >= 0.6 is 23.6 Å². The SMILES string of the molecule is O=C(NC(=S)Nc1nc(-c2ccccc2)cs1)c1cc2ccccc2oc1=O. The Hall–Kier alpha value is -3.36. The van der Waals surface area contributed by atoms with Gasteiger partial charge in [0.15, 0.2) is 10.2 Å². The molecule has 0 saturated carbocycles. The van der Waals surface area contributed by atoms with Crippen LogP contribution in [0.25, 0.3) is 22.2 Å². The number of thiazole rings is 1. The van der Waals surface area contributed by atoms with Crippen LogP contribution in [0.4, 0.5) is 5.13 Å². The number of carbonyl (C=O) groups excluding carboxylic acids is 1. The highest BCUT2D eigenvalue weighted by molar-refractivity contribution is 7.80. The number of anilines is 1. The molecule has 28 heavy (non-hydrogen) atoms. The molecule has 0 atom stereocenters. The summed E-state index contributed by atoms with van der Waals surface area (Å²) < 4.78 is 5.18. The number of benzene rings is 2. The second kappa shape index (κ2) is 7.71. The van der Waals surface area contributed by atoms with Gasteiger partial charge >= 0.3 is 5.63 Å². The molecule has 0 spiro atoms. The van der Waals surface area contributed by atoms with Gasteiger partial charge in [-0.15, -0.1) is 11.3 Å². The summed E-state index contributed by atoms with van der Waals surface area (Å²) in [7, 11) is 0. The number of fused-ring (bicyclic) bond motifs is 1. The zero-order chi connectivity index (χ0) is 19.5. The summed E-state index contributed by atoms with van der Waals surface area (Å²) in [5.41, 5.74) is 1.36. The molecule has 4 aromatic rings. The molecule has 0 aliphatic heterocycles. The molecule has 8 heteroatoms.